The lowest BCUT2D eigenvalue weighted by molar-refractivity contribution is -0.270. The van der Waals surface area contributed by atoms with Gasteiger partial charge in [-0.1, -0.05) is 11.6 Å². The van der Waals surface area contributed by atoms with Gasteiger partial charge in [0.2, 0.25) is 6.29 Å². The molecule has 0 spiro atoms. The summed E-state index contributed by atoms with van der Waals surface area (Å²) in [6.45, 7) is 4.07. The summed E-state index contributed by atoms with van der Waals surface area (Å²) in [6.07, 6.45) is -5.34. The fourth-order valence-corrected chi connectivity index (χ4v) is 3.30. The van der Waals surface area contributed by atoms with E-state index in [1.807, 2.05) is 0 Å². The zero-order valence-corrected chi connectivity index (χ0v) is 19.6. The van der Waals surface area contributed by atoms with Crippen LogP contribution in [0.4, 0.5) is 10.5 Å². The van der Waals surface area contributed by atoms with Gasteiger partial charge in [-0.3, -0.25) is 19.2 Å². The Labute approximate surface area is 200 Å². The Morgan fingerprint density at radius 1 is 0.853 bits per heavy atom. The molecule has 1 aliphatic rings. The third-order valence-electron chi connectivity index (χ3n) is 4.38. The first kappa shape index (κ1) is 26.9. The molecule has 1 heterocycles. The van der Waals surface area contributed by atoms with Crippen molar-refractivity contribution in [3.63, 3.8) is 0 Å². The summed E-state index contributed by atoms with van der Waals surface area (Å²) in [5, 5.41) is 5.53. The summed E-state index contributed by atoms with van der Waals surface area (Å²) < 4.78 is 26.5. The number of esters is 4. The second kappa shape index (κ2) is 12.2. The summed E-state index contributed by atoms with van der Waals surface area (Å²) in [5.74, 6) is -2.95. The molecule has 34 heavy (non-hydrogen) atoms. The predicted octanol–water partition coefficient (Wildman–Crippen LogP) is 1.54. The Morgan fingerprint density at radius 2 is 1.41 bits per heavy atom. The molecule has 12 nitrogen and oxygen atoms in total. The van der Waals surface area contributed by atoms with Crippen LogP contribution in [0.15, 0.2) is 24.3 Å². The maximum absolute atomic E-state index is 12.7. The Hall–Kier alpha value is -3.38. The monoisotopic (exact) mass is 500 g/mol. The number of halogens is 1. The number of hydrogen-bond acceptors (Lipinski definition) is 10. The number of anilines is 1. The SMILES string of the molecule is CC(=O)OC[C@H]1O[C@@H](OC(C)=O)[C@H](NC(=O)Nc2ccc(Cl)cc2)[C@@H](OC(C)=O)[C@@H]1OC(C)=O. The van der Waals surface area contributed by atoms with E-state index in [0.29, 0.717) is 10.7 Å². The first-order valence-electron chi connectivity index (χ1n) is 10.1. The standard InChI is InChI=1S/C21H25ClN2O10/c1-10(25)30-9-16-18(31-11(2)26)19(32-12(3)27)17(20(34-16)33-13(4)28)24-21(29)23-15-7-5-14(22)6-8-15/h5-8,16-20H,9H2,1-4H3,(H2,23,24,29)/t16-,17-,18-,19-,20-/m1/s1. The molecule has 0 aliphatic carbocycles. The van der Waals surface area contributed by atoms with Crippen molar-refractivity contribution in [2.24, 2.45) is 0 Å². The van der Waals surface area contributed by atoms with E-state index in [0.717, 1.165) is 27.7 Å². The molecule has 1 aliphatic heterocycles. The molecule has 1 saturated heterocycles. The molecule has 0 saturated carbocycles. The molecule has 2 amide bonds. The van der Waals surface area contributed by atoms with Crippen molar-refractivity contribution in [3.05, 3.63) is 29.3 Å². The van der Waals surface area contributed by atoms with Gasteiger partial charge >= 0.3 is 29.9 Å². The van der Waals surface area contributed by atoms with Crippen LogP contribution in [0.1, 0.15) is 27.7 Å². The molecular weight excluding hydrogens is 476 g/mol. The lowest BCUT2D eigenvalue weighted by Crippen LogP contribution is -2.67. The highest BCUT2D eigenvalue weighted by Crippen LogP contribution is 2.28. The molecule has 0 bridgehead atoms. The van der Waals surface area contributed by atoms with E-state index in [2.05, 4.69) is 10.6 Å². The van der Waals surface area contributed by atoms with E-state index >= 15 is 0 Å². The first-order valence-corrected chi connectivity index (χ1v) is 10.5. The van der Waals surface area contributed by atoms with E-state index < -0.39 is 67.2 Å². The van der Waals surface area contributed by atoms with Crippen LogP contribution in [0.5, 0.6) is 0 Å². The van der Waals surface area contributed by atoms with E-state index in [1.54, 1.807) is 24.3 Å². The van der Waals surface area contributed by atoms with Gasteiger partial charge < -0.3 is 34.3 Å². The Kier molecular flexibility index (Phi) is 9.63. The largest absolute Gasteiger partial charge is 0.463 e. The van der Waals surface area contributed by atoms with Gasteiger partial charge in [-0.2, -0.15) is 0 Å². The second-order valence-electron chi connectivity index (χ2n) is 7.23. The molecule has 1 aromatic carbocycles. The summed E-state index contributed by atoms with van der Waals surface area (Å²) in [7, 11) is 0. The number of nitrogens with one attached hydrogen (secondary N) is 2. The average molecular weight is 501 g/mol. The molecule has 5 atom stereocenters. The summed E-state index contributed by atoms with van der Waals surface area (Å²) in [4.78, 5) is 59.3. The van der Waals surface area contributed by atoms with Gasteiger partial charge in [-0.25, -0.2) is 4.79 Å². The number of benzene rings is 1. The average Bonchev–Trinajstić information content (AvgIpc) is 2.71. The highest BCUT2D eigenvalue weighted by Gasteiger charge is 2.52. The summed E-state index contributed by atoms with van der Waals surface area (Å²) in [6, 6.07) is 4.12. The van der Waals surface area contributed by atoms with Crippen LogP contribution in [-0.2, 0) is 42.9 Å². The molecule has 1 fully saturated rings. The van der Waals surface area contributed by atoms with Gasteiger partial charge in [0.1, 0.15) is 18.8 Å². The minimum atomic E-state index is -1.48. The molecule has 186 valence electrons. The van der Waals surface area contributed by atoms with Crippen molar-refractivity contribution >= 4 is 47.2 Å². The molecule has 0 unspecified atom stereocenters. The predicted molar refractivity (Wildman–Crippen MR) is 116 cm³/mol. The van der Waals surface area contributed by atoms with Gasteiger partial charge in [0.05, 0.1) is 0 Å². The normalized spacial score (nSPS) is 23.7. The minimum absolute atomic E-state index is 0.385. The van der Waals surface area contributed by atoms with Gasteiger partial charge in [0.25, 0.3) is 0 Å². The number of carbonyl (C=O) groups is 5. The Balaban J connectivity index is 2.37. The van der Waals surface area contributed by atoms with Crippen molar-refractivity contribution in [2.45, 2.75) is 58.3 Å². The first-order chi connectivity index (χ1) is 16.0. The number of ether oxygens (including phenoxy) is 5. The van der Waals surface area contributed by atoms with Gasteiger partial charge in [-0.05, 0) is 24.3 Å². The minimum Gasteiger partial charge on any atom is -0.463 e. The van der Waals surface area contributed by atoms with Crippen LogP contribution in [-0.4, -0.2) is 67.2 Å². The van der Waals surface area contributed by atoms with Crippen molar-refractivity contribution in [1.82, 2.24) is 5.32 Å². The highest BCUT2D eigenvalue weighted by atomic mass is 35.5. The van der Waals surface area contributed by atoms with Crippen LogP contribution in [0.3, 0.4) is 0 Å². The summed E-state index contributed by atoms with van der Waals surface area (Å²) >= 11 is 5.84. The number of carbonyl (C=O) groups excluding carboxylic acids is 5. The van der Waals surface area contributed by atoms with Crippen LogP contribution < -0.4 is 10.6 Å². The van der Waals surface area contributed by atoms with E-state index in [4.69, 9.17) is 35.3 Å². The number of hydrogen-bond donors (Lipinski definition) is 2. The van der Waals surface area contributed by atoms with E-state index in [-0.39, 0.29) is 0 Å². The van der Waals surface area contributed by atoms with Crippen molar-refractivity contribution in [1.29, 1.82) is 0 Å². The number of rotatable bonds is 7. The third kappa shape index (κ3) is 8.19. The van der Waals surface area contributed by atoms with Gasteiger partial charge in [0, 0.05) is 38.4 Å². The Morgan fingerprint density at radius 3 is 1.94 bits per heavy atom. The molecule has 2 rings (SSSR count). The van der Waals surface area contributed by atoms with Crippen molar-refractivity contribution in [3.8, 4) is 0 Å². The molecule has 1 aromatic rings. The molecule has 0 radical (unpaired) electrons. The quantitative estimate of drug-likeness (QED) is 0.416. The molecule has 2 N–H and O–H groups in total. The van der Waals surface area contributed by atoms with Crippen LogP contribution in [0, 0.1) is 0 Å². The number of amides is 2. The van der Waals surface area contributed by atoms with E-state index in [9.17, 15) is 24.0 Å². The van der Waals surface area contributed by atoms with Crippen LogP contribution in [0.25, 0.3) is 0 Å². The molecule has 13 heteroatoms. The lowest BCUT2D eigenvalue weighted by Gasteiger charge is -2.44. The topological polar surface area (TPSA) is 156 Å². The van der Waals surface area contributed by atoms with Gasteiger partial charge in [-0.15, -0.1) is 0 Å². The smallest absolute Gasteiger partial charge is 0.319 e. The van der Waals surface area contributed by atoms with Gasteiger partial charge in [0.15, 0.2) is 12.2 Å². The van der Waals surface area contributed by atoms with E-state index in [1.165, 1.54) is 0 Å². The zero-order chi connectivity index (χ0) is 25.4. The van der Waals surface area contributed by atoms with Crippen molar-refractivity contribution in [2.75, 3.05) is 11.9 Å². The maximum atomic E-state index is 12.7. The maximum Gasteiger partial charge on any atom is 0.319 e. The lowest BCUT2D eigenvalue weighted by atomic mass is 9.96. The highest BCUT2D eigenvalue weighted by molar-refractivity contribution is 6.30. The fourth-order valence-electron chi connectivity index (χ4n) is 3.17. The van der Waals surface area contributed by atoms with Crippen LogP contribution in [0.2, 0.25) is 5.02 Å². The van der Waals surface area contributed by atoms with Crippen LogP contribution >= 0.6 is 11.6 Å². The number of urea groups is 1. The van der Waals surface area contributed by atoms with Crippen molar-refractivity contribution < 1.29 is 47.7 Å². The summed E-state index contributed by atoms with van der Waals surface area (Å²) in [5.41, 5.74) is 0.385. The fraction of sp³-hybridized carbons (Fsp3) is 0.476. The molecule has 0 aromatic heterocycles. The second-order valence-corrected chi connectivity index (χ2v) is 7.67. The zero-order valence-electron chi connectivity index (χ0n) is 18.9. The third-order valence-corrected chi connectivity index (χ3v) is 4.64. The molecular formula is C21H25ClN2O10. The Bertz CT molecular complexity index is 923.